The Kier molecular flexibility index (Phi) is 6.19. The molecule has 2 aromatic heterocycles. The van der Waals surface area contributed by atoms with Crippen LogP contribution in [-0.2, 0) is 4.79 Å². The number of thiazole rings is 1. The Bertz CT molecular complexity index is 723. The summed E-state index contributed by atoms with van der Waals surface area (Å²) in [5, 5.41) is 4.17. The highest BCUT2D eigenvalue weighted by Gasteiger charge is 2.27. The fraction of sp³-hybridized carbons (Fsp3) is 0.650. The number of hydrogen-bond donors (Lipinski definition) is 1. The molecule has 1 atom stereocenters. The summed E-state index contributed by atoms with van der Waals surface area (Å²) in [6.07, 6.45) is 9.10. The van der Waals surface area contributed by atoms with Gasteiger partial charge in [0.1, 0.15) is 10.3 Å². The number of aromatic nitrogens is 2. The average Bonchev–Trinajstić information content (AvgIpc) is 2.97. The van der Waals surface area contributed by atoms with Crippen LogP contribution in [0.3, 0.4) is 0 Å². The van der Waals surface area contributed by atoms with Crippen LogP contribution in [0.1, 0.15) is 38.5 Å². The van der Waals surface area contributed by atoms with Crippen molar-refractivity contribution in [2.75, 3.05) is 44.2 Å². The Morgan fingerprint density at radius 2 is 2.04 bits per heavy atom. The van der Waals surface area contributed by atoms with Gasteiger partial charge in [-0.05, 0) is 50.9 Å². The molecule has 0 aliphatic carbocycles. The summed E-state index contributed by atoms with van der Waals surface area (Å²) in [4.78, 5) is 27.5. The molecule has 27 heavy (non-hydrogen) atoms. The minimum absolute atomic E-state index is 0.0582. The van der Waals surface area contributed by atoms with Gasteiger partial charge in [-0.1, -0.05) is 24.2 Å². The molecule has 0 spiro atoms. The number of rotatable bonds is 5. The highest BCUT2D eigenvalue weighted by molar-refractivity contribution is 7.21. The van der Waals surface area contributed by atoms with E-state index in [0.29, 0.717) is 0 Å². The van der Waals surface area contributed by atoms with Crippen molar-refractivity contribution in [1.82, 2.24) is 20.2 Å². The number of piperidine rings is 1. The number of carbonyl (C=O) groups is 1. The summed E-state index contributed by atoms with van der Waals surface area (Å²) >= 11 is 1.62. The molecular formula is C20H29N5OS. The number of amides is 1. The van der Waals surface area contributed by atoms with Crippen molar-refractivity contribution in [2.45, 2.75) is 38.5 Å². The molecule has 2 fully saturated rings. The van der Waals surface area contributed by atoms with Crippen LogP contribution >= 0.6 is 11.3 Å². The molecule has 2 aliphatic heterocycles. The van der Waals surface area contributed by atoms with Gasteiger partial charge in [-0.3, -0.25) is 4.79 Å². The molecule has 1 amide bonds. The first-order chi connectivity index (χ1) is 13.3. The molecule has 0 bridgehead atoms. The average molecular weight is 388 g/mol. The van der Waals surface area contributed by atoms with E-state index in [0.717, 1.165) is 54.5 Å². The van der Waals surface area contributed by atoms with E-state index in [1.807, 2.05) is 12.1 Å². The topological polar surface area (TPSA) is 61.4 Å². The van der Waals surface area contributed by atoms with Gasteiger partial charge in [0.25, 0.3) is 0 Å². The fourth-order valence-electron chi connectivity index (χ4n) is 4.10. The summed E-state index contributed by atoms with van der Waals surface area (Å²) in [7, 11) is 0. The monoisotopic (exact) mass is 387 g/mol. The highest BCUT2D eigenvalue weighted by atomic mass is 32.1. The van der Waals surface area contributed by atoms with Crippen LogP contribution in [0.25, 0.3) is 10.3 Å². The molecular weight excluding hydrogens is 358 g/mol. The van der Waals surface area contributed by atoms with Crippen molar-refractivity contribution >= 4 is 32.7 Å². The van der Waals surface area contributed by atoms with Crippen LogP contribution in [0.2, 0.25) is 0 Å². The normalized spacial score (nSPS) is 21.9. The van der Waals surface area contributed by atoms with Gasteiger partial charge in [0, 0.05) is 32.4 Å². The van der Waals surface area contributed by atoms with Crippen molar-refractivity contribution in [3.63, 3.8) is 0 Å². The lowest BCUT2D eigenvalue weighted by atomic mass is 9.97. The van der Waals surface area contributed by atoms with Crippen molar-refractivity contribution in [1.29, 1.82) is 0 Å². The minimum atomic E-state index is 0.0582. The summed E-state index contributed by atoms with van der Waals surface area (Å²) < 4.78 is 0. The summed E-state index contributed by atoms with van der Waals surface area (Å²) in [6.45, 7) is 5.83. The third-order valence-corrected chi connectivity index (χ3v) is 6.68. The third-order valence-electron chi connectivity index (χ3n) is 5.64. The third kappa shape index (κ3) is 4.76. The number of nitrogens with one attached hydrogen (secondary N) is 1. The first kappa shape index (κ1) is 18.6. The Morgan fingerprint density at radius 3 is 2.85 bits per heavy atom. The Labute approximate surface area is 165 Å². The highest BCUT2D eigenvalue weighted by Crippen LogP contribution is 2.30. The number of anilines is 1. The maximum Gasteiger partial charge on any atom is 0.224 e. The second kappa shape index (κ2) is 8.97. The molecule has 1 N–H and O–H groups in total. The Balaban J connectivity index is 1.28. The lowest BCUT2D eigenvalue weighted by molar-refractivity contribution is -0.125. The number of nitrogens with zero attached hydrogens (tertiary/aromatic N) is 4. The number of carbonyl (C=O) groups excluding carboxylic acids is 1. The smallest absolute Gasteiger partial charge is 0.224 e. The van der Waals surface area contributed by atoms with Gasteiger partial charge in [-0.25, -0.2) is 9.97 Å². The number of pyridine rings is 1. The van der Waals surface area contributed by atoms with Crippen LogP contribution in [0.5, 0.6) is 0 Å². The molecule has 0 unspecified atom stereocenters. The Morgan fingerprint density at radius 1 is 1.19 bits per heavy atom. The zero-order valence-electron chi connectivity index (χ0n) is 15.9. The largest absolute Gasteiger partial charge is 0.355 e. The van der Waals surface area contributed by atoms with E-state index in [2.05, 4.69) is 20.1 Å². The van der Waals surface area contributed by atoms with Gasteiger partial charge in [0.15, 0.2) is 5.13 Å². The lowest BCUT2D eigenvalue weighted by Crippen LogP contribution is -2.44. The number of fused-ring (bicyclic) bond motifs is 1. The van der Waals surface area contributed by atoms with Crippen LogP contribution in [0, 0.1) is 5.92 Å². The van der Waals surface area contributed by atoms with E-state index in [4.69, 9.17) is 4.98 Å². The molecule has 6 nitrogen and oxygen atoms in total. The van der Waals surface area contributed by atoms with Crippen molar-refractivity contribution < 1.29 is 4.79 Å². The molecule has 0 aromatic carbocycles. The van der Waals surface area contributed by atoms with Crippen molar-refractivity contribution in [2.24, 2.45) is 5.92 Å². The van der Waals surface area contributed by atoms with Crippen molar-refractivity contribution in [3.05, 3.63) is 18.3 Å². The van der Waals surface area contributed by atoms with E-state index in [9.17, 15) is 4.79 Å². The van der Waals surface area contributed by atoms with Crippen LogP contribution in [-0.4, -0.2) is 60.0 Å². The maximum absolute atomic E-state index is 12.7. The van der Waals surface area contributed by atoms with E-state index >= 15 is 0 Å². The molecule has 0 radical (unpaired) electrons. The second-order valence-corrected chi connectivity index (χ2v) is 8.61. The molecule has 4 heterocycles. The van der Waals surface area contributed by atoms with E-state index in [1.165, 1.54) is 38.8 Å². The van der Waals surface area contributed by atoms with Crippen LogP contribution in [0.4, 0.5) is 5.13 Å². The lowest BCUT2D eigenvalue weighted by Gasteiger charge is -2.31. The number of hydrogen-bond acceptors (Lipinski definition) is 6. The van der Waals surface area contributed by atoms with Gasteiger partial charge in [0.05, 0.1) is 5.92 Å². The fourth-order valence-corrected chi connectivity index (χ4v) is 5.04. The van der Waals surface area contributed by atoms with Crippen molar-refractivity contribution in [3.8, 4) is 0 Å². The first-order valence-corrected chi connectivity index (χ1v) is 11.1. The molecule has 2 aliphatic rings. The van der Waals surface area contributed by atoms with Gasteiger partial charge < -0.3 is 15.1 Å². The van der Waals surface area contributed by atoms with E-state index < -0.39 is 0 Å². The molecule has 4 rings (SSSR count). The van der Waals surface area contributed by atoms with E-state index in [-0.39, 0.29) is 11.8 Å². The second-order valence-electron chi connectivity index (χ2n) is 7.66. The SMILES string of the molecule is O=C(NCCN1CCCCCC1)[C@@H]1CCCN(c2nc3cccnc3s2)C1. The summed E-state index contributed by atoms with van der Waals surface area (Å²) in [5.41, 5.74) is 0.946. The molecule has 146 valence electrons. The molecule has 0 saturated carbocycles. The standard InChI is InChI=1S/C20H29N5OS/c26-18(21-10-14-24-11-3-1-2-4-12-24)16-7-6-13-25(15-16)20-23-17-8-5-9-22-19(17)27-20/h5,8-9,16H,1-4,6-7,10-15H2,(H,21,26)/t16-/m1/s1. The van der Waals surface area contributed by atoms with E-state index in [1.54, 1.807) is 17.5 Å². The van der Waals surface area contributed by atoms with Gasteiger partial charge in [0.2, 0.25) is 5.91 Å². The Hall–Kier alpha value is -1.73. The molecule has 2 aromatic rings. The predicted octanol–water partition coefficient (Wildman–Crippen LogP) is 2.90. The zero-order chi connectivity index (χ0) is 18.5. The van der Waals surface area contributed by atoms with Gasteiger partial charge in [-0.15, -0.1) is 0 Å². The quantitative estimate of drug-likeness (QED) is 0.855. The van der Waals surface area contributed by atoms with Gasteiger partial charge >= 0.3 is 0 Å². The van der Waals surface area contributed by atoms with Crippen LogP contribution < -0.4 is 10.2 Å². The molecule has 7 heteroatoms. The first-order valence-electron chi connectivity index (χ1n) is 10.3. The minimum Gasteiger partial charge on any atom is -0.355 e. The molecule has 2 saturated heterocycles. The van der Waals surface area contributed by atoms with Crippen LogP contribution in [0.15, 0.2) is 18.3 Å². The number of likely N-dealkylation sites (tertiary alicyclic amines) is 1. The zero-order valence-corrected chi connectivity index (χ0v) is 16.7. The summed E-state index contributed by atoms with van der Waals surface area (Å²) in [6, 6.07) is 3.92. The van der Waals surface area contributed by atoms with Gasteiger partial charge in [-0.2, -0.15) is 0 Å². The predicted molar refractivity (Wildman–Crippen MR) is 110 cm³/mol. The summed E-state index contributed by atoms with van der Waals surface area (Å²) in [5.74, 6) is 0.261. The maximum atomic E-state index is 12.7.